The highest BCUT2D eigenvalue weighted by Gasteiger charge is 2.09. The average Bonchev–Trinajstić information content (AvgIpc) is 2.55. The lowest BCUT2D eigenvalue weighted by atomic mass is 10.3. The van der Waals surface area contributed by atoms with Crippen LogP contribution in [-0.2, 0) is 4.79 Å². The number of ether oxygens (including phenoxy) is 1. The van der Waals surface area contributed by atoms with Crippen molar-refractivity contribution in [3.8, 4) is 5.75 Å². The lowest BCUT2D eigenvalue weighted by Gasteiger charge is -2.23. The summed E-state index contributed by atoms with van der Waals surface area (Å²) in [5, 5.41) is 3.21. The van der Waals surface area contributed by atoms with Crippen molar-refractivity contribution in [1.82, 2.24) is 15.1 Å². The summed E-state index contributed by atoms with van der Waals surface area (Å²) in [6, 6.07) is 9.67. The van der Waals surface area contributed by atoms with E-state index >= 15 is 0 Å². The van der Waals surface area contributed by atoms with Gasteiger partial charge in [0.25, 0.3) is 0 Å². The Morgan fingerprint density at radius 3 is 2.44 bits per heavy atom. The molecule has 0 aromatic heterocycles. The van der Waals surface area contributed by atoms with Crippen LogP contribution in [0.3, 0.4) is 0 Å². The van der Waals surface area contributed by atoms with Crippen LogP contribution in [0.15, 0.2) is 47.5 Å². The fraction of sp³-hybridized carbons (Fsp3) is 0.444. The number of nitrogens with zero attached hydrogens (tertiary/aromatic N) is 3. The number of aliphatic imine (C=N–C) groups is 1. The summed E-state index contributed by atoms with van der Waals surface area (Å²) < 4.78 is 5.70. The zero-order chi connectivity index (χ0) is 17.9. The van der Waals surface area contributed by atoms with Gasteiger partial charge in [-0.2, -0.15) is 0 Å². The molecule has 0 fully saturated rings. The van der Waals surface area contributed by atoms with Gasteiger partial charge in [0.15, 0.2) is 5.96 Å². The van der Waals surface area contributed by atoms with Crippen molar-refractivity contribution in [3.63, 3.8) is 0 Å². The largest absolute Gasteiger partial charge is 0.492 e. The molecule has 1 aromatic carbocycles. The molecular formula is C18H29IN4O2. The Bertz CT molecular complexity index is 561. The van der Waals surface area contributed by atoms with Gasteiger partial charge in [0.1, 0.15) is 18.9 Å². The third-order valence-corrected chi connectivity index (χ3v) is 3.21. The molecule has 0 saturated heterocycles. The second kappa shape index (κ2) is 12.6. The number of amides is 1. The molecule has 0 radical (unpaired) electrons. The van der Waals surface area contributed by atoms with E-state index in [-0.39, 0.29) is 36.4 Å². The first-order valence-electron chi connectivity index (χ1n) is 7.92. The maximum atomic E-state index is 11.7. The summed E-state index contributed by atoms with van der Waals surface area (Å²) in [4.78, 5) is 19.6. The number of guanidine groups is 1. The van der Waals surface area contributed by atoms with Gasteiger partial charge in [0.2, 0.25) is 5.91 Å². The monoisotopic (exact) mass is 460 g/mol. The molecule has 0 aliphatic heterocycles. The molecule has 1 rings (SSSR count). The molecule has 0 aliphatic carbocycles. The summed E-state index contributed by atoms with van der Waals surface area (Å²) in [6.45, 7) is 7.70. The summed E-state index contributed by atoms with van der Waals surface area (Å²) in [6.07, 6.45) is 0. The summed E-state index contributed by atoms with van der Waals surface area (Å²) >= 11 is 0. The van der Waals surface area contributed by atoms with Gasteiger partial charge in [-0.1, -0.05) is 30.4 Å². The molecule has 0 atom stereocenters. The van der Waals surface area contributed by atoms with Crippen molar-refractivity contribution in [3.05, 3.63) is 42.5 Å². The van der Waals surface area contributed by atoms with Gasteiger partial charge in [0.05, 0.1) is 6.54 Å². The number of hydrogen-bond donors (Lipinski definition) is 1. The minimum Gasteiger partial charge on any atom is -0.492 e. The number of rotatable bonds is 8. The smallest absolute Gasteiger partial charge is 0.243 e. The van der Waals surface area contributed by atoms with Crippen LogP contribution in [0.25, 0.3) is 0 Å². The Labute approximate surface area is 168 Å². The van der Waals surface area contributed by atoms with Gasteiger partial charge in [-0.05, 0) is 19.1 Å². The minimum absolute atomic E-state index is 0. The highest BCUT2D eigenvalue weighted by molar-refractivity contribution is 14.0. The second-order valence-electron chi connectivity index (χ2n) is 5.82. The molecule has 25 heavy (non-hydrogen) atoms. The Morgan fingerprint density at radius 2 is 1.88 bits per heavy atom. The van der Waals surface area contributed by atoms with Crippen molar-refractivity contribution in [1.29, 1.82) is 0 Å². The van der Waals surface area contributed by atoms with Gasteiger partial charge in [-0.25, -0.2) is 4.99 Å². The van der Waals surface area contributed by atoms with Gasteiger partial charge < -0.3 is 19.9 Å². The number of hydrogen-bond acceptors (Lipinski definition) is 3. The van der Waals surface area contributed by atoms with Crippen molar-refractivity contribution < 1.29 is 9.53 Å². The van der Waals surface area contributed by atoms with E-state index in [2.05, 4.69) is 16.9 Å². The molecule has 6 nitrogen and oxygen atoms in total. The van der Waals surface area contributed by atoms with Crippen LogP contribution < -0.4 is 10.1 Å². The van der Waals surface area contributed by atoms with Crippen LogP contribution in [0.2, 0.25) is 0 Å². The fourth-order valence-electron chi connectivity index (χ4n) is 1.75. The lowest BCUT2D eigenvalue weighted by molar-refractivity contribution is -0.127. The number of carbonyl (C=O) groups excluding carboxylic acids is 1. The predicted octanol–water partition coefficient (Wildman–Crippen LogP) is 2.23. The molecular weight excluding hydrogens is 431 g/mol. The third-order valence-electron chi connectivity index (χ3n) is 3.21. The van der Waals surface area contributed by atoms with E-state index in [0.29, 0.717) is 25.7 Å². The van der Waals surface area contributed by atoms with E-state index in [9.17, 15) is 4.79 Å². The Hall–Kier alpha value is -1.77. The number of para-hydroxylation sites is 1. The van der Waals surface area contributed by atoms with Crippen molar-refractivity contribution in [2.45, 2.75) is 6.92 Å². The maximum absolute atomic E-state index is 11.7. The fourth-order valence-corrected chi connectivity index (χ4v) is 1.75. The zero-order valence-electron chi connectivity index (χ0n) is 15.5. The van der Waals surface area contributed by atoms with Gasteiger partial charge in [0, 0.05) is 27.7 Å². The van der Waals surface area contributed by atoms with E-state index in [1.54, 1.807) is 14.1 Å². The first-order chi connectivity index (χ1) is 11.4. The van der Waals surface area contributed by atoms with Gasteiger partial charge >= 0.3 is 0 Å². The maximum Gasteiger partial charge on any atom is 0.243 e. The van der Waals surface area contributed by atoms with Crippen molar-refractivity contribution in [2.24, 2.45) is 4.99 Å². The number of benzene rings is 1. The number of nitrogens with one attached hydrogen (secondary N) is 1. The average molecular weight is 460 g/mol. The summed E-state index contributed by atoms with van der Waals surface area (Å²) in [7, 11) is 5.35. The summed E-state index contributed by atoms with van der Waals surface area (Å²) in [5.41, 5.74) is 0.996. The molecule has 140 valence electrons. The van der Waals surface area contributed by atoms with E-state index < -0.39 is 0 Å². The highest BCUT2D eigenvalue weighted by Crippen LogP contribution is 2.07. The molecule has 7 heteroatoms. The van der Waals surface area contributed by atoms with Crippen LogP contribution in [-0.4, -0.2) is 69.1 Å². The Balaban J connectivity index is 0.00000576. The molecule has 1 N–H and O–H groups in total. The number of likely N-dealkylation sites (N-methyl/N-ethyl adjacent to an activating group) is 2. The molecule has 0 heterocycles. The highest BCUT2D eigenvalue weighted by atomic mass is 127. The van der Waals surface area contributed by atoms with Crippen molar-refractivity contribution >= 4 is 35.8 Å². The zero-order valence-corrected chi connectivity index (χ0v) is 17.8. The topological polar surface area (TPSA) is 57.2 Å². The molecule has 0 bridgehead atoms. The number of carbonyl (C=O) groups is 1. The van der Waals surface area contributed by atoms with E-state index in [1.165, 1.54) is 4.90 Å². The molecule has 0 spiro atoms. The third kappa shape index (κ3) is 9.96. The van der Waals surface area contributed by atoms with Crippen molar-refractivity contribution in [2.75, 3.05) is 47.4 Å². The number of halogens is 1. The van der Waals surface area contributed by atoms with E-state index in [1.807, 2.05) is 49.2 Å². The normalized spacial score (nSPS) is 10.5. The quantitative estimate of drug-likeness (QED) is 0.280. The van der Waals surface area contributed by atoms with Gasteiger partial charge in [-0.15, -0.1) is 24.0 Å². The van der Waals surface area contributed by atoms with Crippen LogP contribution >= 0.6 is 24.0 Å². The Kier molecular flexibility index (Phi) is 11.7. The summed E-state index contributed by atoms with van der Waals surface area (Å²) in [5.74, 6) is 1.45. The SMILES string of the molecule is C=C(C)CNC(=NCC(=O)N(C)C)N(C)CCOc1ccccc1.I. The van der Waals surface area contributed by atoms with E-state index in [0.717, 1.165) is 11.3 Å². The van der Waals surface area contributed by atoms with Gasteiger partial charge in [-0.3, -0.25) is 4.79 Å². The van der Waals surface area contributed by atoms with Crippen LogP contribution in [0, 0.1) is 0 Å². The first-order valence-corrected chi connectivity index (χ1v) is 7.92. The molecule has 1 aromatic rings. The molecule has 0 unspecified atom stereocenters. The predicted molar refractivity (Wildman–Crippen MR) is 114 cm³/mol. The van der Waals surface area contributed by atoms with Crippen LogP contribution in [0.1, 0.15) is 6.92 Å². The molecule has 0 saturated carbocycles. The standard InChI is InChI=1S/C18H28N4O2.HI/c1-15(2)13-19-18(20-14-17(23)21(3)4)22(5)11-12-24-16-9-7-6-8-10-16;/h6-10H,1,11-14H2,2-5H3,(H,19,20);1H. The molecule has 1 amide bonds. The Morgan fingerprint density at radius 1 is 1.24 bits per heavy atom. The van der Waals surface area contributed by atoms with E-state index in [4.69, 9.17) is 4.74 Å². The van der Waals surface area contributed by atoms with Crippen LogP contribution in [0.5, 0.6) is 5.75 Å². The molecule has 0 aliphatic rings. The second-order valence-corrected chi connectivity index (χ2v) is 5.82. The minimum atomic E-state index is -0.0430. The van der Waals surface area contributed by atoms with Crippen LogP contribution in [0.4, 0.5) is 0 Å². The lowest BCUT2D eigenvalue weighted by Crippen LogP contribution is -2.42. The first kappa shape index (κ1) is 23.2.